The molecule has 0 fully saturated rings. The number of ketones is 2. The lowest BCUT2D eigenvalue weighted by atomic mass is 9.80. The summed E-state index contributed by atoms with van der Waals surface area (Å²) in [6, 6.07) is 18.6. The van der Waals surface area contributed by atoms with Gasteiger partial charge in [-0.2, -0.15) is 0 Å². The van der Waals surface area contributed by atoms with Gasteiger partial charge in [-0.25, -0.2) is 0 Å². The maximum Gasteiger partial charge on any atom is 0.199 e. The number of anilines is 4. The molecule has 4 aromatic rings. The fraction of sp³-hybridized carbons (Fsp3) is 0.409. The van der Waals surface area contributed by atoms with Crippen LogP contribution in [0.3, 0.4) is 0 Å². The zero-order chi connectivity index (χ0) is 37.0. The zero-order valence-electron chi connectivity index (χ0n) is 31.0. The maximum atomic E-state index is 14.2. The highest BCUT2D eigenvalue weighted by atomic mass is 16.5. The summed E-state index contributed by atoms with van der Waals surface area (Å²) in [5.41, 5.74) is 28.4. The molecule has 8 heteroatoms. The Hall–Kier alpha value is -4.98. The van der Waals surface area contributed by atoms with Gasteiger partial charge in [-0.05, 0) is 61.1 Å². The summed E-state index contributed by atoms with van der Waals surface area (Å²) < 4.78 is 12.3. The number of rotatable bonds is 20. The van der Waals surface area contributed by atoms with Crippen molar-refractivity contribution in [3.63, 3.8) is 0 Å². The minimum atomic E-state index is -0.566. The van der Waals surface area contributed by atoms with E-state index in [0.29, 0.717) is 11.5 Å². The molecule has 0 saturated carbocycles. The number of carbonyl (C=O) groups is 2. The number of carbonyl (C=O) groups excluding carboxylic acids is 2. The van der Waals surface area contributed by atoms with Crippen molar-refractivity contribution in [1.82, 2.24) is 0 Å². The molecule has 276 valence electrons. The fourth-order valence-electron chi connectivity index (χ4n) is 7.04. The largest absolute Gasteiger partial charge is 0.455 e. The van der Waals surface area contributed by atoms with Gasteiger partial charge in [0.1, 0.15) is 11.5 Å². The molecule has 0 bridgehead atoms. The molecule has 8 N–H and O–H groups in total. The Labute approximate surface area is 309 Å². The van der Waals surface area contributed by atoms with Gasteiger partial charge in [0.15, 0.2) is 23.1 Å². The average Bonchev–Trinajstić information content (AvgIpc) is 3.13. The van der Waals surface area contributed by atoms with Crippen LogP contribution in [0.25, 0.3) is 0 Å². The highest BCUT2D eigenvalue weighted by Crippen LogP contribution is 2.46. The molecule has 4 aromatic carbocycles. The Balaban J connectivity index is 1.28. The summed E-state index contributed by atoms with van der Waals surface area (Å²) in [4.78, 5) is 28.0. The van der Waals surface area contributed by atoms with Crippen LogP contribution in [0.4, 0.5) is 22.7 Å². The lowest BCUT2D eigenvalue weighted by Gasteiger charge is -2.25. The molecule has 0 atom stereocenters. The molecule has 5 rings (SSSR count). The number of benzene rings is 4. The van der Waals surface area contributed by atoms with Crippen molar-refractivity contribution >= 4 is 34.3 Å². The van der Waals surface area contributed by atoms with E-state index in [1.807, 2.05) is 48.5 Å². The quantitative estimate of drug-likeness (QED) is 0.0460. The lowest BCUT2D eigenvalue weighted by Crippen LogP contribution is -2.26. The number of nitrogen functional groups attached to an aromatic ring is 4. The zero-order valence-corrected chi connectivity index (χ0v) is 31.0. The van der Waals surface area contributed by atoms with E-state index < -0.39 is 11.6 Å². The maximum absolute atomic E-state index is 14.2. The van der Waals surface area contributed by atoms with Crippen LogP contribution in [-0.2, 0) is 12.8 Å². The Bertz CT molecular complexity index is 1700. The van der Waals surface area contributed by atoms with Crippen molar-refractivity contribution in [2.75, 3.05) is 22.9 Å². The van der Waals surface area contributed by atoms with E-state index in [1.54, 1.807) is 0 Å². The minimum Gasteiger partial charge on any atom is -0.455 e. The molecular weight excluding hydrogens is 649 g/mol. The monoisotopic (exact) mass is 704 g/mol. The summed E-state index contributed by atoms with van der Waals surface area (Å²) in [6.45, 7) is 4.47. The van der Waals surface area contributed by atoms with Gasteiger partial charge in [-0.1, -0.05) is 115 Å². The fourth-order valence-corrected chi connectivity index (χ4v) is 7.04. The molecule has 0 heterocycles. The van der Waals surface area contributed by atoms with E-state index in [4.69, 9.17) is 32.4 Å². The summed E-state index contributed by atoms with van der Waals surface area (Å²) in [7, 11) is 0. The first kappa shape index (κ1) is 38.3. The Morgan fingerprint density at radius 1 is 0.442 bits per heavy atom. The third-order valence-electron chi connectivity index (χ3n) is 10.1. The first-order valence-electron chi connectivity index (χ1n) is 19.3. The number of ether oxygens (including phenoxy) is 2. The van der Waals surface area contributed by atoms with Gasteiger partial charge in [0.2, 0.25) is 0 Å². The Kier molecular flexibility index (Phi) is 13.6. The Morgan fingerprint density at radius 3 is 1.13 bits per heavy atom. The third kappa shape index (κ3) is 9.27. The SMILES string of the molecule is CCCCCCCCCc1ccc(Oc2cc(N)c3c(c2N)C(=O)c2c(N)c(Oc4ccc(CCCCCCCCC)cc4)cc(N)c2C3=O)cc1. The lowest BCUT2D eigenvalue weighted by molar-refractivity contribution is 0.0981. The Morgan fingerprint density at radius 2 is 0.769 bits per heavy atom. The predicted octanol–water partition coefficient (Wildman–Crippen LogP) is 11.0. The topological polar surface area (TPSA) is 157 Å². The average molecular weight is 705 g/mol. The van der Waals surface area contributed by atoms with Gasteiger partial charge in [0.25, 0.3) is 0 Å². The van der Waals surface area contributed by atoms with Gasteiger partial charge in [-0.15, -0.1) is 0 Å². The van der Waals surface area contributed by atoms with Crippen molar-refractivity contribution in [1.29, 1.82) is 0 Å². The van der Waals surface area contributed by atoms with Crippen molar-refractivity contribution in [2.45, 2.75) is 117 Å². The second kappa shape index (κ2) is 18.5. The van der Waals surface area contributed by atoms with Crippen LogP contribution in [0.1, 0.15) is 147 Å². The molecule has 0 aromatic heterocycles. The molecule has 52 heavy (non-hydrogen) atoms. The van der Waals surface area contributed by atoms with Crippen molar-refractivity contribution in [3.05, 3.63) is 94.0 Å². The minimum absolute atomic E-state index is 0.00110. The van der Waals surface area contributed by atoms with Crippen LogP contribution in [0.2, 0.25) is 0 Å². The van der Waals surface area contributed by atoms with Gasteiger partial charge < -0.3 is 32.4 Å². The van der Waals surface area contributed by atoms with E-state index in [2.05, 4.69) is 13.8 Å². The first-order valence-corrected chi connectivity index (χ1v) is 19.3. The summed E-state index contributed by atoms with van der Waals surface area (Å²) in [5.74, 6) is 0.339. The second-order valence-corrected chi connectivity index (χ2v) is 14.1. The van der Waals surface area contributed by atoms with Crippen LogP contribution in [0, 0.1) is 0 Å². The van der Waals surface area contributed by atoms with E-state index in [-0.39, 0.29) is 56.5 Å². The van der Waals surface area contributed by atoms with Gasteiger partial charge in [0, 0.05) is 23.5 Å². The number of fused-ring (bicyclic) bond motifs is 2. The standard InChI is InChI=1S/C44H56N4O4/c1-3-5-7-9-11-13-15-17-29-19-23-31(24-20-29)51-35-27-33(45)37-39(41(35)47)44(50)40-38(43(37)49)34(46)28-36(42(40)48)52-32-25-21-30(22-26-32)18-16-14-12-10-8-6-4-2/h19-28H,3-18,45-48H2,1-2H3. The highest BCUT2D eigenvalue weighted by Gasteiger charge is 2.38. The van der Waals surface area contributed by atoms with Crippen LogP contribution >= 0.6 is 0 Å². The first-order chi connectivity index (χ1) is 25.2. The van der Waals surface area contributed by atoms with Crippen LogP contribution < -0.4 is 32.4 Å². The predicted molar refractivity (Wildman–Crippen MR) is 214 cm³/mol. The van der Waals surface area contributed by atoms with Gasteiger partial charge >= 0.3 is 0 Å². The molecule has 0 spiro atoms. The molecule has 8 nitrogen and oxygen atoms in total. The van der Waals surface area contributed by atoms with Gasteiger partial charge in [0.05, 0.1) is 33.6 Å². The van der Waals surface area contributed by atoms with Crippen molar-refractivity contribution in [3.8, 4) is 23.0 Å². The van der Waals surface area contributed by atoms with E-state index in [9.17, 15) is 9.59 Å². The van der Waals surface area contributed by atoms with Crippen molar-refractivity contribution in [2.24, 2.45) is 0 Å². The number of nitrogens with two attached hydrogens (primary N) is 4. The number of aryl methyl sites for hydroxylation is 2. The summed E-state index contributed by atoms with van der Waals surface area (Å²) >= 11 is 0. The second-order valence-electron chi connectivity index (χ2n) is 14.1. The van der Waals surface area contributed by atoms with Crippen LogP contribution in [-0.4, -0.2) is 11.6 Å². The molecule has 0 unspecified atom stereocenters. The molecule has 0 aliphatic heterocycles. The number of unbranched alkanes of at least 4 members (excludes halogenated alkanes) is 12. The smallest absolute Gasteiger partial charge is 0.199 e. The number of hydrogen-bond acceptors (Lipinski definition) is 8. The molecule has 0 radical (unpaired) electrons. The normalized spacial score (nSPS) is 12.1. The van der Waals surface area contributed by atoms with Gasteiger partial charge in [-0.3, -0.25) is 9.59 Å². The summed E-state index contributed by atoms with van der Waals surface area (Å²) in [6.07, 6.45) is 19.6. The molecular formula is C44H56N4O4. The van der Waals surface area contributed by atoms with Crippen LogP contribution in [0.5, 0.6) is 23.0 Å². The van der Waals surface area contributed by atoms with Crippen LogP contribution in [0.15, 0.2) is 60.7 Å². The van der Waals surface area contributed by atoms with E-state index in [1.165, 1.54) is 100 Å². The van der Waals surface area contributed by atoms with E-state index >= 15 is 0 Å². The number of hydrogen-bond donors (Lipinski definition) is 4. The molecule has 0 amide bonds. The molecule has 0 saturated heterocycles. The third-order valence-corrected chi connectivity index (χ3v) is 10.1. The van der Waals surface area contributed by atoms with Crippen molar-refractivity contribution < 1.29 is 19.1 Å². The van der Waals surface area contributed by atoms with E-state index in [0.717, 1.165) is 25.7 Å². The highest BCUT2D eigenvalue weighted by molar-refractivity contribution is 6.35. The molecule has 1 aliphatic rings. The summed E-state index contributed by atoms with van der Waals surface area (Å²) in [5, 5.41) is 0. The molecule has 1 aliphatic carbocycles.